The zero-order chi connectivity index (χ0) is 13.0. The molecule has 0 bridgehead atoms. The van der Waals surface area contributed by atoms with Crippen molar-refractivity contribution in [2.75, 3.05) is 30.9 Å². The van der Waals surface area contributed by atoms with Crippen LogP contribution >= 0.6 is 0 Å². The molecule has 1 aliphatic heterocycles. The largest absolute Gasteiger partial charge is 0.368 e. The molecule has 1 aromatic rings. The summed E-state index contributed by atoms with van der Waals surface area (Å²) in [5.74, 6) is 7.55. The molecule has 1 aliphatic rings. The molecule has 6 nitrogen and oxygen atoms in total. The third kappa shape index (κ3) is 3.30. The van der Waals surface area contributed by atoms with Crippen molar-refractivity contribution in [2.45, 2.75) is 32.2 Å². The maximum Gasteiger partial charge on any atom is 0.145 e. The van der Waals surface area contributed by atoms with Crippen molar-refractivity contribution in [3.8, 4) is 0 Å². The molecular formula is C12H22N6. The molecule has 0 amide bonds. The standard InChI is InChI=1S/C12H22N6/c1-9-15-11(7-12(16-9)17-13)14-8-10-5-3-4-6-18(10)2/h7,10H,3-6,8,13H2,1-2H3,(H2,14,15,16,17). The first-order valence-electron chi connectivity index (χ1n) is 6.45. The van der Waals surface area contributed by atoms with Crippen LogP contribution in [0.4, 0.5) is 11.6 Å². The first-order valence-corrected chi connectivity index (χ1v) is 6.45. The summed E-state index contributed by atoms with van der Waals surface area (Å²) in [5.41, 5.74) is 2.55. The lowest BCUT2D eigenvalue weighted by molar-refractivity contribution is 0.194. The molecule has 0 radical (unpaired) electrons. The minimum absolute atomic E-state index is 0.586. The number of nitrogen functional groups attached to an aromatic ring is 1. The predicted octanol–water partition coefficient (Wildman–Crippen LogP) is 0.967. The highest BCUT2D eigenvalue weighted by atomic mass is 15.3. The number of hydrogen-bond acceptors (Lipinski definition) is 6. The van der Waals surface area contributed by atoms with Gasteiger partial charge in [-0.25, -0.2) is 15.8 Å². The van der Waals surface area contributed by atoms with E-state index in [0.29, 0.717) is 17.7 Å². The second kappa shape index (κ2) is 5.97. The lowest BCUT2D eigenvalue weighted by Crippen LogP contribution is -2.40. The first kappa shape index (κ1) is 13.0. The summed E-state index contributed by atoms with van der Waals surface area (Å²) in [7, 11) is 2.18. The average molecular weight is 250 g/mol. The summed E-state index contributed by atoms with van der Waals surface area (Å²) in [6.45, 7) is 3.96. The highest BCUT2D eigenvalue weighted by molar-refractivity contribution is 5.46. The van der Waals surface area contributed by atoms with Crippen LogP contribution in [0.25, 0.3) is 0 Å². The number of rotatable bonds is 4. The minimum Gasteiger partial charge on any atom is -0.368 e. The fourth-order valence-electron chi connectivity index (χ4n) is 2.36. The molecule has 2 rings (SSSR count). The van der Waals surface area contributed by atoms with Gasteiger partial charge in [-0.05, 0) is 33.4 Å². The number of nitrogens with two attached hydrogens (primary N) is 1. The van der Waals surface area contributed by atoms with E-state index in [1.165, 1.54) is 25.8 Å². The van der Waals surface area contributed by atoms with Crippen LogP contribution in [-0.4, -0.2) is 41.0 Å². The second-order valence-corrected chi connectivity index (χ2v) is 4.84. The van der Waals surface area contributed by atoms with Gasteiger partial charge in [-0.15, -0.1) is 0 Å². The van der Waals surface area contributed by atoms with Gasteiger partial charge < -0.3 is 15.6 Å². The lowest BCUT2D eigenvalue weighted by Gasteiger charge is -2.32. The SMILES string of the molecule is Cc1nc(NN)cc(NCC2CCCCN2C)n1. The van der Waals surface area contributed by atoms with Crippen molar-refractivity contribution < 1.29 is 0 Å². The molecule has 100 valence electrons. The molecule has 6 heteroatoms. The van der Waals surface area contributed by atoms with Crippen molar-refractivity contribution in [3.63, 3.8) is 0 Å². The van der Waals surface area contributed by atoms with E-state index in [2.05, 4.69) is 32.7 Å². The number of aryl methyl sites for hydroxylation is 1. The third-order valence-electron chi connectivity index (χ3n) is 3.43. The fraction of sp³-hybridized carbons (Fsp3) is 0.667. The number of likely N-dealkylation sites (tertiary alicyclic amines) is 1. The number of nitrogens with zero attached hydrogens (tertiary/aromatic N) is 3. The summed E-state index contributed by atoms with van der Waals surface area (Å²) in [5, 5.41) is 3.37. The minimum atomic E-state index is 0.586. The zero-order valence-corrected chi connectivity index (χ0v) is 11.1. The molecule has 1 unspecified atom stereocenters. The molecule has 1 aromatic heterocycles. The normalized spacial score (nSPS) is 20.7. The van der Waals surface area contributed by atoms with E-state index in [1.54, 1.807) is 0 Å². The Morgan fingerprint density at radius 2 is 2.17 bits per heavy atom. The van der Waals surface area contributed by atoms with Crippen LogP contribution in [-0.2, 0) is 0 Å². The van der Waals surface area contributed by atoms with Gasteiger partial charge in [0.05, 0.1) is 0 Å². The van der Waals surface area contributed by atoms with Crippen LogP contribution in [0.15, 0.2) is 6.07 Å². The van der Waals surface area contributed by atoms with E-state index in [1.807, 2.05) is 13.0 Å². The Balaban J connectivity index is 1.94. The lowest BCUT2D eigenvalue weighted by atomic mass is 10.0. The van der Waals surface area contributed by atoms with Gasteiger partial charge in [0.15, 0.2) is 0 Å². The Labute approximate surface area is 108 Å². The summed E-state index contributed by atoms with van der Waals surface area (Å²) < 4.78 is 0. The van der Waals surface area contributed by atoms with Crippen LogP contribution in [0.1, 0.15) is 25.1 Å². The number of hydrazine groups is 1. The van der Waals surface area contributed by atoms with Gasteiger partial charge in [0.2, 0.25) is 0 Å². The Morgan fingerprint density at radius 1 is 1.39 bits per heavy atom. The topological polar surface area (TPSA) is 79.1 Å². The van der Waals surface area contributed by atoms with Crippen molar-refractivity contribution >= 4 is 11.6 Å². The predicted molar refractivity (Wildman–Crippen MR) is 73.3 cm³/mol. The summed E-state index contributed by atoms with van der Waals surface area (Å²) in [6.07, 6.45) is 3.87. The van der Waals surface area contributed by atoms with Gasteiger partial charge in [-0.1, -0.05) is 6.42 Å². The maximum absolute atomic E-state index is 5.37. The zero-order valence-electron chi connectivity index (χ0n) is 11.1. The number of aromatic nitrogens is 2. The molecule has 0 spiro atoms. The molecule has 0 aromatic carbocycles. The first-order chi connectivity index (χ1) is 8.69. The Morgan fingerprint density at radius 3 is 2.89 bits per heavy atom. The number of anilines is 2. The average Bonchev–Trinajstić information content (AvgIpc) is 2.37. The van der Waals surface area contributed by atoms with Crippen LogP contribution in [0, 0.1) is 6.92 Å². The highest BCUT2D eigenvalue weighted by Crippen LogP contribution is 2.16. The molecule has 1 fully saturated rings. The summed E-state index contributed by atoms with van der Waals surface area (Å²) in [6, 6.07) is 2.42. The number of likely N-dealkylation sites (N-methyl/N-ethyl adjacent to an activating group) is 1. The van der Waals surface area contributed by atoms with Crippen LogP contribution in [0.3, 0.4) is 0 Å². The molecular weight excluding hydrogens is 228 g/mol. The molecule has 0 saturated carbocycles. The van der Waals surface area contributed by atoms with E-state index < -0.39 is 0 Å². The van der Waals surface area contributed by atoms with E-state index in [0.717, 1.165) is 12.4 Å². The van der Waals surface area contributed by atoms with Crippen molar-refractivity contribution in [2.24, 2.45) is 5.84 Å². The van der Waals surface area contributed by atoms with Gasteiger partial charge in [0, 0.05) is 18.7 Å². The van der Waals surface area contributed by atoms with Crippen LogP contribution in [0.2, 0.25) is 0 Å². The van der Waals surface area contributed by atoms with Gasteiger partial charge >= 0.3 is 0 Å². The van der Waals surface area contributed by atoms with E-state index in [4.69, 9.17) is 5.84 Å². The summed E-state index contributed by atoms with van der Waals surface area (Å²) >= 11 is 0. The molecule has 4 N–H and O–H groups in total. The maximum atomic E-state index is 5.37. The van der Waals surface area contributed by atoms with Gasteiger partial charge in [-0.2, -0.15) is 0 Å². The second-order valence-electron chi connectivity index (χ2n) is 4.84. The van der Waals surface area contributed by atoms with Gasteiger partial charge in [-0.3, -0.25) is 0 Å². The number of piperidine rings is 1. The molecule has 18 heavy (non-hydrogen) atoms. The third-order valence-corrected chi connectivity index (χ3v) is 3.43. The van der Waals surface area contributed by atoms with Crippen LogP contribution < -0.4 is 16.6 Å². The van der Waals surface area contributed by atoms with E-state index in [9.17, 15) is 0 Å². The van der Waals surface area contributed by atoms with Gasteiger partial charge in [0.25, 0.3) is 0 Å². The Hall–Kier alpha value is -1.40. The van der Waals surface area contributed by atoms with E-state index in [-0.39, 0.29) is 0 Å². The summed E-state index contributed by atoms with van der Waals surface area (Å²) in [4.78, 5) is 10.9. The molecule has 1 atom stereocenters. The van der Waals surface area contributed by atoms with Gasteiger partial charge in [0.1, 0.15) is 17.5 Å². The molecule has 2 heterocycles. The number of nitrogens with one attached hydrogen (secondary N) is 2. The highest BCUT2D eigenvalue weighted by Gasteiger charge is 2.18. The molecule has 0 aliphatic carbocycles. The monoisotopic (exact) mass is 250 g/mol. The quantitative estimate of drug-likeness (QED) is 0.546. The van der Waals surface area contributed by atoms with Crippen molar-refractivity contribution in [1.29, 1.82) is 0 Å². The van der Waals surface area contributed by atoms with Crippen LogP contribution in [0.5, 0.6) is 0 Å². The fourth-order valence-corrected chi connectivity index (χ4v) is 2.36. The number of hydrogen-bond donors (Lipinski definition) is 3. The van der Waals surface area contributed by atoms with Crippen molar-refractivity contribution in [1.82, 2.24) is 14.9 Å². The van der Waals surface area contributed by atoms with E-state index >= 15 is 0 Å². The Kier molecular flexibility index (Phi) is 4.33. The smallest absolute Gasteiger partial charge is 0.145 e. The molecule has 1 saturated heterocycles. The van der Waals surface area contributed by atoms with Crippen molar-refractivity contribution in [3.05, 3.63) is 11.9 Å². The Bertz CT molecular complexity index is 394.